The molecular weight excluding hydrogens is 144 g/mol. The summed E-state index contributed by atoms with van der Waals surface area (Å²) in [6.45, 7) is 3.03. The van der Waals surface area contributed by atoms with Gasteiger partial charge in [-0.15, -0.1) is 0 Å². The minimum Gasteiger partial charge on any atom is -0.464 e. The van der Waals surface area contributed by atoms with Crippen LogP contribution in [0.3, 0.4) is 0 Å². The van der Waals surface area contributed by atoms with E-state index < -0.39 is 0 Å². The van der Waals surface area contributed by atoms with Gasteiger partial charge in [0.15, 0.2) is 6.10 Å². The van der Waals surface area contributed by atoms with Gasteiger partial charge in [-0.3, -0.25) is 0 Å². The van der Waals surface area contributed by atoms with Crippen molar-refractivity contribution < 1.29 is 14.3 Å². The first-order valence-electron chi connectivity index (χ1n) is 4.13. The molecule has 64 valence electrons. The molecule has 11 heavy (non-hydrogen) atoms. The quantitative estimate of drug-likeness (QED) is 0.565. The third-order valence-corrected chi connectivity index (χ3v) is 1.74. The number of rotatable bonds is 2. The summed E-state index contributed by atoms with van der Waals surface area (Å²) in [6, 6.07) is 0. The van der Waals surface area contributed by atoms with Crippen molar-refractivity contribution in [1.29, 1.82) is 0 Å². The molecule has 3 nitrogen and oxygen atoms in total. The summed E-state index contributed by atoms with van der Waals surface area (Å²) in [5, 5.41) is 0. The second-order valence-corrected chi connectivity index (χ2v) is 2.61. The summed E-state index contributed by atoms with van der Waals surface area (Å²) in [4.78, 5) is 11.1. The highest BCUT2D eigenvalue weighted by Gasteiger charge is 2.21. The zero-order valence-electron chi connectivity index (χ0n) is 6.84. The van der Waals surface area contributed by atoms with Crippen molar-refractivity contribution in [3.05, 3.63) is 0 Å². The van der Waals surface area contributed by atoms with Gasteiger partial charge in [0.05, 0.1) is 6.61 Å². The fourth-order valence-electron chi connectivity index (χ4n) is 1.17. The van der Waals surface area contributed by atoms with Crippen LogP contribution in [-0.2, 0) is 14.3 Å². The maximum Gasteiger partial charge on any atom is 0.335 e. The molecule has 0 N–H and O–H groups in total. The number of hydrogen-bond acceptors (Lipinski definition) is 3. The van der Waals surface area contributed by atoms with Crippen LogP contribution >= 0.6 is 0 Å². The van der Waals surface area contributed by atoms with E-state index in [0.29, 0.717) is 13.2 Å². The van der Waals surface area contributed by atoms with Gasteiger partial charge in [0.25, 0.3) is 0 Å². The molecule has 1 atom stereocenters. The first-order valence-corrected chi connectivity index (χ1v) is 4.13. The zero-order valence-corrected chi connectivity index (χ0v) is 6.84. The SMILES string of the molecule is CCOC1CCCCOC1=O. The topological polar surface area (TPSA) is 35.5 Å². The fraction of sp³-hybridized carbons (Fsp3) is 0.875. The summed E-state index contributed by atoms with van der Waals surface area (Å²) in [7, 11) is 0. The normalized spacial score (nSPS) is 25.9. The van der Waals surface area contributed by atoms with E-state index in [4.69, 9.17) is 9.47 Å². The van der Waals surface area contributed by atoms with Crippen molar-refractivity contribution >= 4 is 5.97 Å². The average molecular weight is 158 g/mol. The number of carbonyl (C=O) groups is 1. The summed E-state index contributed by atoms with van der Waals surface area (Å²) in [6.07, 6.45) is 2.50. The smallest absolute Gasteiger partial charge is 0.335 e. The van der Waals surface area contributed by atoms with Crippen molar-refractivity contribution in [2.75, 3.05) is 13.2 Å². The molecule has 3 heteroatoms. The Labute approximate surface area is 66.7 Å². The summed E-state index contributed by atoms with van der Waals surface area (Å²) >= 11 is 0. The highest BCUT2D eigenvalue weighted by atomic mass is 16.6. The molecule has 0 aromatic rings. The highest BCUT2D eigenvalue weighted by molar-refractivity contribution is 5.74. The molecule has 1 aliphatic rings. The second kappa shape index (κ2) is 4.34. The molecule has 1 saturated heterocycles. The maximum absolute atomic E-state index is 11.1. The van der Waals surface area contributed by atoms with Crippen molar-refractivity contribution in [3.63, 3.8) is 0 Å². The fourth-order valence-corrected chi connectivity index (χ4v) is 1.17. The molecule has 0 aromatic heterocycles. The monoisotopic (exact) mass is 158 g/mol. The molecule has 0 aromatic carbocycles. The average Bonchev–Trinajstić information content (AvgIpc) is 2.18. The lowest BCUT2D eigenvalue weighted by Crippen LogP contribution is -2.24. The molecule has 0 amide bonds. The van der Waals surface area contributed by atoms with E-state index in [1.807, 2.05) is 6.92 Å². The Kier molecular flexibility index (Phi) is 3.36. The number of hydrogen-bond donors (Lipinski definition) is 0. The van der Waals surface area contributed by atoms with E-state index in [-0.39, 0.29) is 12.1 Å². The largest absolute Gasteiger partial charge is 0.464 e. The van der Waals surface area contributed by atoms with Crippen LogP contribution < -0.4 is 0 Å². The Balaban J connectivity index is 2.39. The maximum atomic E-state index is 11.1. The third kappa shape index (κ3) is 2.50. The Morgan fingerprint density at radius 2 is 2.45 bits per heavy atom. The van der Waals surface area contributed by atoms with Gasteiger partial charge in [-0.25, -0.2) is 4.79 Å². The van der Waals surface area contributed by atoms with Gasteiger partial charge in [0, 0.05) is 6.61 Å². The lowest BCUT2D eigenvalue weighted by atomic mass is 10.2. The molecule has 0 bridgehead atoms. The molecular formula is C8H14O3. The van der Waals surface area contributed by atoms with Gasteiger partial charge in [-0.05, 0) is 26.2 Å². The van der Waals surface area contributed by atoms with Gasteiger partial charge in [0.2, 0.25) is 0 Å². The molecule has 1 aliphatic heterocycles. The van der Waals surface area contributed by atoms with Crippen LogP contribution in [0.2, 0.25) is 0 Å². The molecule has 0 saturated carbocycles. The van der Waals surface area contributed by atoms with Crippen molar-refractivity contribution in [2.24, 2.45) is 0 Å². The molecule has 0 radical (unpaired) electrons. The molecule has 1 fully saturated rings. The molecule has 1 unspecified atom stereocenters. The lowest BCUT2D eigenvalue weighted by molar-refractivity contribution is -0.155. The number of carbonyl (C=O) groups excluding carboxylic acids is 1. The number of ether oxygens (including phenoxy) is 2. The van der Waals surface area contributed by atoms with Gasteiger partial charge >= 0.3 is 5.97 Å². The van der Waals surface area contributed by atoms with Crippen LogP contribution in [0.5, 0.6) is 0 Å². The van der Waals surface area contributed by atoms with E-state index in [0.717, 1.165) is 19.3 Å². The summed E-state index contributed by atoms with van der Waals surface area (Å²) in [5.41, 5.74) is 0. The Morgan fingerprint density at radius 3 is 3.18 bits per heavy atom. The van der Waals surface area contributed by atoms with Gasteiger partial charge in [-0.2, -0.15) is 0 Å². The van der Waals surface area contributed by atoms with Gasteiger partial charge in [-0.1, -0.05) is 0 Å². The van der Waals surface area contributed by atoms with Gasteiger partial charge < -0.3 is 9.47 Å². The van der Waals surface area contributed by atoms with E-state index in [1.54, 1.807) is 0 Å². The van der Waals surface area contributed by atoms with Crippen molar-refractivity contribution in [1.82, 2.24) is 0 Å². The minimum absolute atomic E-state index is 0.190. The summed E-state index contributed by atoms with van der Waals surface area (Å²) in [5.74, 6) is -0.190. The number of cyclic esters (lactones) is 1. The first kappa shape index (κ1) is 8.53. The molecule has 1 rings (SSSR count). The zero-order chi connectivity index (χ0) is 8.10. The van der Waals surface area contributed by atoms with Crippen molar-refractivity contribution in [2.45, 2.75) is 32.3 Å². The van der Waals surface area contributed by atoms with E-state index in [9.17, 15) is 4.79 Å². The van der Waals surface area contributed by atoms with Crippen molar-refractivity contribution in [3.8, 4) is 0 Å². The van der Waals surface area contributed by atoms with Crippen LogP contribution in [0.25, 0.3) is 0 Å². The molecule has 1 heterocycles. The van der Waals surface area contributed by atoms with Gasteiger partial charge in [0.1, 0.15) is 0 Å². The number of esters is 1. The molecule has 0 spiro atoms. The minimum atomic E-state index is -0.303. The van der Waals surface area contributed by atoms with Crippen LogP contribution in [0.4, 0.5) is 0 Å². The second-order valence-electron chi connectivity index (χ2n) is 2.61. The predicted molar refractivity (Wildman–Crippen MR) is 40.2 cm³/mol. The standard InChI is InChI=1S/C8H14O3/c1-2-10-7-5-3-4-6-11-8(7)9/h7H,2-6H2,1H3. The Bertz CT molecular complexity index is 133. The predicted octanol–water partition coefficient (Wildman–Crippen LogP) is 1.12. The summed E-state index contributed by atoms with van der Waals surface area (Å²) < 4.78 is 10.1. The van der Waals surface area contributed by atoms with Crippen LogP contribution in [0.1, 0.15) is 26.2 Å². The lowest BCUT2D eigenvalue weighted by Gasteiger charge is -2.10. The first-order chi connectivity index (χ1) is 5.34. The van der Waals surface area contributed by atoms with E-state index in [2.05, 4.69) is 0 Å². The Hall–Kier alpha value is -0.570. The molecule has 0 aliphatic carbocycles. The Morgan fingerprint density at radius 1 is 1.64 bits per heavy atom. The van der Waals surface area contributed by atoms with E-state index >= 15 is 0 Å². The third-order valence-electron chi connectivity index (χ3n) is 1.74. The van der Waals surface area contributed by atoms with Crippen LogP contribution in [0, 0.1) is 0 Å². The van der Waals surface area contributed by atoms with Crippen LogP contribution in [0.15, 0.2) is 0 Å². The van der Waals surface area contributed by atoms with E-state index in [1.165, 1.54) is 0 Å². The van der Waals surface area contributed by atoms with Crippen LogP contribution in [-0.4, -0.2) is 25.3 Å². The highest BCUT2D eigenvalue weighted by Crippen LogP contribution is 2.11.